The van der Waals surface area contributed by atoms with E-state index < -0.39 is 6.04 Å². The molecular weight excluding hydrogens is 420 g/mol. The first-order valence-electron chi connectivity index (χ1n) is 12.1. The van der Waals surface area contributed by atoms with Crippen LogP contribution >= 0.6 is 0 Å². The van der Waals surface area contributed by atoms with Crippen LogP contribution in [0.15, 0.2) is 78.9 Å². The van der Waals surface area contributed by atoms with Crippen LogP contribution in [0, 0.1) is 13.8 Å². The van der Waals surface area contributed by atoms with E-state index in [0.717, 1.165) is 34.2 Å². The Labute approximate surface area is 204 Å². The summed E-state index contributed by atoms with van der Waals surface area (Å²) in [6, 6.07) is 25.5. The molecule has 3 aromatic rings. The van der Waals surface area contributed by atoms with Crippen molar-refractivity contribution < 1.29 is 9.59 Å². The Balaban J connectivity index is 1.96. The number of hydrogen-bond acceptors (Lipinski definition) is 2. The van der Waals surface area contributed by atoms with Gasteiger partial charge in [-0.2, -0.15) is 0 Å². The molecule has 1 N–H and O–H groups in total. The predicted molar refractivity (Wildman–Crippen MR) is 138 cm³/mol. The molecule has 0 spiro atoms. The fourth-order valence-corrected chi connectivity index (χ4v) is 3.98. The Bertz CT molecular complexity index is 1080. The van der Waals surface area contributed by atoms with E-state index in [9.17, 15) is 9.59 Å². The first kappa shape index (κ1) is 25.2. The van der Waals surface area contributed by atoms with Crippen molar-refractivity contribution in [1.82, 2.24) is 10.2 Å². The van der Waals surface area contributed by atoms with Gasteiger partial charge in [0.25, 0.3) is 0 Å². The van der Waals surface area contributed by atoms with E-state index in [1.54, 1.807) is 4.90 Å². The summed E-state index contributed by atoms with van der Waals surface area (Å²) in [6.45, 7) is 8.50. The number of nitrogens with zero attached hydrogens (tertiary/aromatic N) is 1. The van der Waals surface area contributed by atoms with E-state index in [-0.39, 0.29) is 24.3 Å². The fourth-order valence-electron chi connectivity index (χ4n) is 3.98. The average Bonchev–Trinajstić information content (AvgIpc) is 2.83. The van der Waals surface area contributed by atoms with Crippen molar-refractivity contribution in [2.75, 3.05) is 0 Å². The van der Waals surface area contributed by atoms with Gasteiger partial charge in [0.2, 0.25) is 11.8 Å². The van der Waals surface area contributed by atoms with Gasteiger partial charge in [-0.25, -0.2) is 0 Å². The van der Waals surface area contributed by atoms with E-state index in [1.165, 1.54) is 0 Å². The summed E-state index contributed by atoms with van der Waals surface area (Å²) >= 11 is 0. The zero-order chi connectivity index (χ0) is 24.5. The van der Waals surface area contributed by atoms with Crippen molar-refractivity contribution >= 4 is 11.8 Å². The summed E-state index contributed by atoms with van der Waals surface area (Å²) in [7, 11) is 0. The van der Waals surface area contributed by atoms with Crippen LogP contribution in [-0.2, 0) is 29.0 Å². The van der Waals surface area contributed by atoms with Crippen molar-refractivity contribution in [1.29, 1.82) is 0 Å². The molecule has 0 fully saturated rings. The first-order valence-corrected chi connectivity index (χ1v) is 12.1. The normalized spacial score (nSPS) is 12.6. The molecule has 4 nitrogen and oxygen atoms in total. The largest absolute Gasteiger partial charge is 0.352 e. The molecule has 0 aromatic heterocycles. The zero-order valence-corrected chi connectivity index (χ0v) is 20.8. The van der Waals surface area contributed by atoms with Crippen molar-refractivity contribution in [3.8, 4) is 0 Å². The molecule has 0 saturated carbocycles. The molecule has 0 aliphatic rings. The van der Waals surface area contributed by atoms with Crippen molar-refractivity contribution in [3.63, 3.8) is 0 Å². The maximum atomic E-state index is 13.7. The molecule has 0 heterocycles. The number of aryl methyl sites for hydroxylation is 2. The van der Waals surface area contributed by atoms with Crippen LogP contribution in [0.1, 0.15) is 48.1 Å². The maximum Gasteiger partial charge on any atom is 0.243 e. The molecule has 0 saturated heterocycles. The smallest absolute Gasteiger partial charge is 0.243 e. The molecule has 2 amide bonds. The van der Waals surface area contributed by atoms with Gasteiger partial charge in [0.1, 0.15) is 6.04 Å². The lowest BCUT2D eigenvalue weighted by Crippen LogP contribution is -2.52. The number of carbonyl (C=O) groups excluding carboxylic acids is 2. The summed E-state index contributed by atoms with van der Waals surface area (Å²) < 4.78 is 0. The lowest BCUT2D eigenvalue weighted by atomic mass is 10.0. The molecule has 0 radical (unpaired) electrons. The zero-order valence-electron chi connectivity index (χ0n) is 20.8. The highest BCUT2D eigenvalue weighted by Crippen LogP contribution is 2.18. The number of benzene rings is 3. The molecule has 3 aromatic carbocycles. The quantitative estimate of drug-likeness (QED) is 0.444. The summed E-state index contributed by atoms with van der Waals surface area (Å²) in [6.07, 6.45) is 1.56. The second-order valence-corrected chi connectivity index (χ2v) is 9.20. The minimum absolute atomic E-state index is 0.0405. The highest BCUT2D eigenvalue weighted by molar-refractivity contribution is 5.89. The van der Waals surface area contributed by atoms with Crippen molar-refractivity contribution in [2.45, 2.75) is 65.6 Å². The molecule has 178 valence electrons. The maximum absolute atomic E-state index is 13.7. The van der Waals surface area contributed by atoms with Crippen molar-refractivity contribution in [2.24, 2.45) is 0 Å². The van der Waals surface area contributed by atoms with Gasteiger partial charge in [0.15, 0.2) is 0 Å². The highest BCUT2D eigenvalue weighted by atomic mass is 16.2. The third-order valence-electron chi connectivity index (χ3n) is 6.18. The van der Waals surface area contributed by atoms with Crippen LogP contribution < -0.4 is 5.32 Å². The Morgan fingerprint density at radius 3 is 2.15 bits per heavy atom. The van der Waals surface area contributed by atoms with E-state index in [1.807, 2.05) is 100 Å². The summed E-state index contributed by atoms with van der Waals surface area (Å²) in [5.74, 6) is -0.159. The SMILES string of the molecule is CC[C@@H](C)NC(=O)[C@@H](Cc1ccccc1)N(Cc1cccc(C)c1)C(=O)Cc1ccc(C)cc1. The van der Waals surface area contributed by atoms with E-state index in [0.29, 0.717) is 13.0 Å². The van der Waals surface area contributed by atoms with Crippen LogP contribution in [-0.4, -0.2) is 28.8 Å². The Hall–Kier alpha value is -3.40. The third-order valence-corrected chi connectivity index (χ3v) is 6.18. The number of amides is 2. The Morgan fingerprint density at radius 1 is 0.824 bits per heavy atom. The molecular formula is C30H36N2O2. The number of nitrogens with one attached hydrogen (secondary N) is 1. The third kappa shape index (κ3) is 7.31. The standard InChI is InChI=1S/C30H36N2O2/c1-5-24(4)31-30(34)28(19-25-11-7-6-8-12-25)32(21-27-13-9-10-23(3)18-27)29(33)20-26-16-14-22(2)15-17-26/h6-18,24,28H,5,19-21H2,1-4H3,(H,31,34)/t24-,28-/m1/s1. The van der Waals surface area contributed by atoms with Gasteiger partial charge in [0, 0.05) is 19.0 Å². The van der Waals surface area contributed by atoms with Gasteiger partial charge in [-0.1, -0.05) is 96.9 Å². The number of hydrogen-bond donors (Lipinski definition) is 1. The number of carbonyl (C=O) groups is 2. The van der Waals surface area contributed by atoms with Gasteiger partial charge >= 0.3 is 0 Å². The van der Waals surface area contributed by atoms with Gasteiger partial charge in [-0.05, 0) is 43.9 Å². The number of rotatable bonds is 10. The molecule has 0 aliphatic heterocycles. The van der Waals surface area contributed by atoms with Gasteiger partial charge in [0.05, 0.1) is 6.42 Å². The van der Waals surface area contributed by atoms with Crippen LogP contribution in [0.4, 0.5) is 0 Å². The lowest BCUT2D eigenvalue weighted by Gasteiger charge is -2.32. The fraction of sp³-hybridized carbons (Fsp3) is 0.333. The molecule has 2 atom stereocenters. The van der Waals surface area contributed by atoms with E-state index in [4.69, 9.17) is 0 Å². The first-order chi connectivity index (χ1) is 16.4. The van der Waals surface area contributed by atoms with Gasteiger partial charge in [-0.3, -0.25) is 9.59 Å². The van der Waals surface area contributed by atoms with Crippen molar-refractivity contribution in [3.05, 3.63) is 107 Å². The molecule has 3 rings (SSSR count). The predicted octanol–water partition coefficient (Wildman–Crippen LogP) is 5.40. The second-order valence-electron chi connectivity index (χ2n) is 9.20. The summed E-state index contributed by atoms with van der Waals surface area (Å²) in [5.41, 5.74) is 5.29. The second kappa shape index (κ2) is 12.2. The van der Waals surface area contributed by atoms with Crippen LogP contribution in [0.25, 0.3) is 0 Å². The molecule has 0 bridgehead atoms. The monoisotopic (exact) mass is 456 g/mol. The van der Waals surface area contributed by atoms with Gasteiger partial charge < -0.3 is 10.2 Å². The summed E-state index contributed by atoms with van der Waals surface area (Å²) in [4.78, 5) is 29.0. The van der Waals surface area contributed by atoms with Crippen LogP contribution in [0.5, 0.6) is 0 Å². The Morgan fingerprint density at radius 2 is 1.50 bits per heavy atom. The minimum Gasteiger partial charge on any atom is -0.352 e. The van der Waals surface area contributed by atoms with E-state index in [2.05, 4.69) is 11.4 Å². The molecule has 4 heteroatoms. The average molecular weight is 457 g/mol. The van der Waals surface area contributed by atoms with Gasteiger partial charge in [-0.15, -0.1) is 0 Å². The molecule has 0 unspecified atom stereocenters. The molecule has 0 aliphatic carbocycles. The summed E-state index contributed by atoms with van der Waals surface area (Å²) in [5, 5.41) is 3.12. The van der Waals surface area contributed by atoms with E-state index >= 15 is 0 Å². The molecule has 34 heavy (non-hydrogen) atoms. The van der Waals surface area contributed by atoms with Crippen LogP contribution in [0.2, 0.25) is 0 Å². The Kier molecular flexibility index (Phi) is 9.03. The lowest BCUT2D eigenvalue weighted by molar-refractivity contribution is -0.141. The highest BCUT2D eigenvalue weighted by Gasteiger charge is 2.31. The van der Waals surface area contributed by atoms with Crippen LogP contribution in [0.3, 0.4) is 0 Å². The minimum atomic E-state index is -0.602. The topological polar surface area (TPSA) is 49.4 Å².